The summed E-state index contributed by atoms with van der Waals surface area (Å²) >= 11 is 8.24. The van der Waals surface area contributed by atoms with Crippen LogP contribution in [0, 0.1) is 0 Å². The Hall–Kier alpha value is -1.62. The second-order valence-electron chi connectivity index (χ2n) is 6.51. The van der Waals surface area contributed by atoms with E-state index in [-0.39, 0.29) is 0 Å². The maximum absolute atomic E-state index is 6.55. The fourth-order valence-corrected chi connectivity index (χ4v) is 4.68. The van der Waals surface area contributed by atoms with E-state index >= 15 is 0 Å². The van der Waals surface area contributed by atoms with Gasteiger partial charge in [0.2, 0.25) is 0 Å². The first-order valence-corrected chi connectivity index (χ1v) is 9.84. The van der Waals surface area contributed by atoms with Gasteiger partial charge in [-0.2, -0.15) is 0 Å². The topological polar surface area (TPSA) is 25.4 Å². The van der Waals surface area contributed by atoms with E-state index in [0.717, 1.165) is 42.2 Å². The summed E-state index contributed by atoms with van der Waals surface area (Å²) in [5, 5.41) is 0.776. The largest absolute Gasteiger partial charge is 0.495 e. The molecule has 0 bridgehead atoms. The van der Waals surface area contributed by atoms with Crippen LogP contribution in [0.25, 0.3) is 10.2 Å². The zero-order chi connectivity index (χ0) is 17.4. The van der Waals surface area contributed by atoms with Crippen molar-refractivity contribution in [2.45, 2.75) is 25.8 Å². The molecule has 0 spiro atoms. The minimum atomic E-state index is 0.362. The number of ether oxygens (including phenoxy) is 1. The number of hydrogen-bond donors (Lipinski definition) is 0. The van der Waals surface area contributed by atoms with Crippen LogP contribution in [0.2, 0.25) is 5.02 Å². The van der Waals surface area contributed by atoms with Crippen molar-refractivity contribution in [2.24, 2.45) is 0 Å². The summed E-state index contributed by atoms with van der Waals surface area (Å²) in [7, 11) is 1.67. The Labute approximate surface area is 157 Å². The summed E-state index contributed by atoms with van der Waals surface area (Å²) in [5.41, 5.74) is 6.92. The Kier molecular flexibility index (Phi) is 4.67. The molecule has 0 radical (unpaired) electrons. The summed E-state index contributed by atoms with van der Waals surface area (Å²) in [6, 6.07) is 11.2. The molecule has 5 heteroatoms. The standard InChI is InChI=1S/C20H21ClN2OS/c1-13(15-4-6-19-17(11-15)22-12-25-19)23-9-7-14-3-5-18(24-2)20(21)16(14)8-10-23/h3-6,11-13H,7-10H2,1-2H3. The summed E-state index contributed by atoms with van der Waals surface area (Å²) in [6.07, 6.45) is 1.97. The molecule has 0 saturated heterocycles. The Bertz CT molecular complexity index is 908. The highest BCUT2D eigenvalue weighted by Gasteiger charge is 2.22. The molecule has 3 nitrogen and oxygen atoms in total. The molecule has 0 N–H and O–H groups in total. The molecule has 0 fully saturated rings. The van der Waals surface area contributed by atoms with E-state index in [2.05, 4.69) is 41.1 Å². The number of benzene rings is 2. The number of fused-ring (bicyclic) bond motifs is 2. The number of aromatic nitrogens is 1. The van der Waals surface area contributed by atoms with E-state index in [1.807, 2.05) is 11.6 Å². The van der Waals surface area contributed by atoms with Crippen molar-refractivity contribution in [3.8, 4) is 5.75 Å². The lowest BCUT2D eigenvalue weighted by molar-refractivity contribution is 0.221. The molecular formula is C20H21ClN2OS. The summed E-state index contributed by atoms with van der Waals surface area (Å²) in [6.45, 7) is 4.31. The van der Waals surface area contributed by atoms with E-state index in [9.17, 15) is 0 Å². The third-order valence-electron chi connectivity index (χ3n) is 5.23. The van der Waals surface area contributed by atoms with Crippen molar-refractivity contribution < 1.29 is 4.74 Å². The lowest BCUT2D eigenvalue weighted by Gasteiger charge is -2.28. The first kappa shape index (κ1) is 16.8. The molecule has 25 heavy (non-hydrogen) atoms. The van der Waals surface area contributed by atoms with Crippen LogP contribution in [0.4, 0.5) is 0 Å². The Morgan fingerprint density at radius 1 is 1.20 bits per heavy atom. The van der Waals surface area contributed by atoms with Gasteiger partial charge >= 0.3 is 0 Å². The van der Waals surface area contributed by atoms with Crippen LogP contribution in [0.3, 0.4) is 0 Å². The SMILES string of the molecule is COc1ccc2c(c1Cl)CCN(C(C)c1ccc3scnc3c1)CC2. The summed E-state index contributed by atoms with van der Waals surface area (Å²) in [4.78, 5) is 7.00. The van der Waals surface area contributed by atoms with Crippen molar-refractivity contribution in [1.29, 1.82) is 0 Å². The smallest absolute Gasteiger partial charge is 0.137 e. The van der Waals surface area contributed by atoms with Crippen molar-refractivity contribution >= 4 is 33.2 Å². The lowest BCUT2D eigenvalue weighted by Crippen LogP contribution is -2.29. The number of halogens is 1. The minimum Gasteiger partial charge on any atom is -0.495 e. The van der Waals surface area contributed by atoms with Crippen molar-refractivity contribution in [3.63, 3.8) is 0 Å². The third kappa shape index (κ3) is 3.14. The van der Waals surface area contributed by atoms with Crippen molar-refractivity contribution in [3.05, 3.63) is 57.6 Å². The van der Waals surface area contributed by atoms with Crippen molar-refractivity contribution in [1.82, 2.24) is 9.88 Å². The van der Waals surface area contributed by atoms with Gasteiger partial charge in [-0.15, -0.1) is 11.3 Å². The Balaban J connectivity index is 1.57. The molecule has 2 heterocycles. The van der Waals surface area contributed by atoms with Crippen LogP contribution in [-0.2, 0) is 12.8 Å². The normalized spacial score (nSPS) is 16.4. The van der Waals surface area contributed by atoms with E-state index in [1.165, 1.54) is 21.4 Å². The molecule has 3 aromatic rings. The van der Waals surface area contributed by atoms with Gasteiger partial charge in [-0.1, -0.05) is 23.7 Å². The lowest BCUT2D eigenvalue weighted by atomic mass is 10.0. The van der Waals surface area contributed by atoms with Gasteiger partial charge in [-0.05, 0) is 54.7 Å². The summed E-state index contributed by atoms with van der Waals surface area (Å²) < 4.78 is 6.63. The van der Waals surface area contributed by atoms with Crippen LogP contribution in [0.15, 0.2) is 35.8 Å². The van der Waals surface area contributed by atoms with Crippen LogP contribution in [-0.4, -0.2) is 30.1 Å². The molecule has 0 aliphatic carbocycles. The van der Waals surface area contributed by atoms with Gasteiger partial charge in [0, 0.05) is 19.1 Å². The summed E-state index contributed by atoms with van der Waals surface area (Å²) in [5.74, 6) is 0.774. The van der Waals surface area contributed by atoms with Gasteiger partial charge in [0.25, 0.3) is 0 Å². The van der Waals surface area contributed by atoms with E-state index in [1.54, 1.807) is 18.4 Å². The van der Waals surface area contributed by atoms with E-state index < -0.39 is 0 Å². The number of thiazole rings is 1. The van der Waals surface area contributed by atoms with Gasteiger partial charge in [0.15, 0.2) is 0 Å². The monoisotopic (exact) mass is 372 g/mol. The van der Waals surface area contributed by atoms with Gasteiger partial charge in [-0.25, -0.2) is 4.98 Å². The average molecular weight is 373 g/mol. The van der Waals surface area contributed by atoms with Crippen LogP contribution < -0.4 is 4.74 Å². The molecular weight excluding hydrogens is 352 g/mol. The second-order valence-corrected chi connectivity index (χ2v) is 7.78. The molecule has 2 aromatic carbocycles. The Morgan fingerprint density at radius 3 is 2.88 bits per heavy atom. The fraction of sp³-hybridized carbons (Fsp3) is 0.350. The van der Waals surface area contributed by atoms with E-state index in [4.69, 9.17) is 16.3 Å². The predicted molar refractivity (Wildman–Crippen MR) is 105 cm³/mol. The van der Waals surface area contributed by atoms with Gasteiger partial charge in [0.1, 0.15) is 5.75 Å². The second kappa shape index (κ2) is 6.94. The minimum absolute atomic E-state index is 0.362. The molecule has 0 saturated carbocycles. The quantitative estimate of drug-likeness (QED) is 0.638. The van der Waals surface area contributed by atoms with Crippen LogP contribution >= 0.6 is 22.9 Å². The molecule has 1 unspecified atom stereocenters. The average Bonchev–Trinajstić information content (AvgIpc) is 2.99. The number of methoxy groups -OCH3 is 1. The van der Waals surface area contributed by atoms with E-state index in [0.29, 0.717) is 6.04 Å². The number of nitrogens with zero attached hydrogens (tertiary/aromatic N) is 2. The Morgan fingerprint density at radius 2 is 2.04 bits per heavy atom. The van der Waals surface area contributed by atoms with Crippen LogP contribution in [0.5, 0.6) is 5.75 Å². The first-order valence-electron chi connectivity index (χ1n) is 8.59. The molecule has 4 rings (SSSR count). The zero-order valence-electron chi connectivity index (χ0n) is 14.5. The molecule has 1 aliphatic rings. The highest BCUT2D eigenvalue weighted by Crippen LogP contribution is 2.34. The molecule has 130 valence electrons. The maximum Gasteiger partial charge on any atom is 0.137 e. The highest BCUT2D eigenvalue weighted by atomic mass is 35.5. The first-order chi connectivity index (χ1) is 12.2. The van der Waals surface area contributed by atoms with Crippen molar-refractivity contribution in [2.75, 3.05) is 20.2 Å². The van der Waals surface area contributed by atoms with Gasteiger partial charge < -0.3 is 4.74 Å². The third-order valence-corrected chi connectivity index (χ3v) is 6.45. The predicted octanol–water partition coefficient (Wildman–Crippen LogP) is 5.12. The van der Waals surface area contributed by atoms with Gasteiger partial charge in [0.05, 0.1) is 27.9 Å². The van der Waals surface area contributed by atoms with Crippen LogP contribution in [0.1, 0.15) is 29.7 Å². The zero-order valence-corrected chi connectivity index (χ0v) is 16.0. The maximum atomic E-state index is 6.55. The molecule has 1 aromatic heterocycles. The number of rotatable bonds is 3. The fourth-order valence-electron chi connectivity index (χ4n) is 3.67. The highest BCUT2D eigenvalue weighted by molar-refractivity contribution is 7.16. The molecule has 1 aliphatic heterocycles. The molecule has 1 atom stereocenters. The van der Waals surface area contributed by atoms with Gasteiger partial charge in [-0.3, -0.25) is 4.90 Å². The molecule has 0 amide bonds. The number of hydrogen-bond acceptors (Lipinski definition) is 4.